The van der Waals surface area contributed by atoms with Crippen molar-refractivity contribution in [3.05, 3.63) is 70.3 Å². The van der Waals surface area contributed by atoms with E-state index in [1.807, 2.05) is 26.0 Å². The molecule has 0 saturated carbocycles. The second-order valence-electron chi connectivity index (χ2n) is 6.86. The van der Waals surface area contributed by atoms with Gasteiger partial charge < -0.3 is 5.32 Å². The van der Waals surface area contributed by atoms with Crippen molar-refractivity contribution >= 4 is 5.91 Å². The summed E-state index contributed by atoms with van der Waals surface area (Å²) < 4.78 is 0. The van der Waals surface area contributed by atoms with Crippen LogP contribution in [-0.2, 0) is 13.1 Å². The molecule has 1 saturated heterocycles. The van der Waals surface area contributed by atoms with Crippen molar-refractivity contribution < 1.29 is 4.79 Å². The van der Waals surface area contributed by atoms with E-state index < -0.39 is 0 Å². The van der Waals surface area contributed by atoms with Crippen LogP contribution < -0.4 is 5.32 Å². The molecule has 1 aliphatic rings. The topological polar surface area (TPSA) is 32.3 Å². The molecule has 3 rings (SSSR count). The predicted molar refractivity (Wildman–Crippen MR) is 98.0 cm³/mol. The first-order chi connectivity index (χ1) is 11.6. The molecule has 0 bridgehead atoms. The van der Waals surface area contributed by atoms with E-state index in [4.69, 9.17) is 0 Å². The summed E-state index contributed by atoms with van der Waals surface area (Å²) in [5, 5.41) is 3.01. The lowest BCUT2D eigenvalue weighted by atomic mass is 10.1. The number of carbonyl (C=O) groups excluding carboxylic acids is 1. The minimum absolute atomic E-state index is 0.0112. The van der Waals surface area contributed by atoms with Gasteiger partial charge in [-0.15, -0.1) is 0 Å². The summed E-state index contributed by atoms with van der Waals surface area (Å²) in [4.78, 5) is 14.8. The highest BCUT2D eigenvalue weighted by atomic mass is 16.1. The zero-order valence-corrected chi connectivity index (χ0v) is 14.6. The van der Waals surface area contributed by atoms with Gasteiger partial charge in [-0.2, -0.15) is 0 Å². The van der Waals surface area contributed by atoms with Crippen LogP contribution in [0.15, 0.2) is 42.5 Å². The monoisotopic (exact) mass is 322 g/mol. The molecule has 0 aromatic heterocycles. The van der Waals surface area contributed by atoms with E-state index in [0.29, 0.717) is 6.54 Å². The average Bonchev–Trinajstić information content (AvgIpc) is 3.06. The Morgan fingerprint density at radius 2 is 1.54 bits per heavy atom. The van der Waals surface area contributed by atoms with E-state index in [1.54, 1.807) is 0 Å². The summed E-state index contributed by atoms with van der Waals surface area (Å²) >= 11 is 0. The molecule has 3 heteroatoms. The zero-order chi connectivity index (χ0) is 16.9. The normalized spacial score (nSPS) is 14.8. The summed E-state index contributed by atoms with van der Waals surface area (Å²) in [6, 6.07) is 14.5. The number of benzene rings is 2. The fourth-order valence-electron chi connectivity index (χ4n) is 3.35. The Kier molecular flexibility index (Phi) is 5.31. The average molecular weight is 322 g/mol. The van der Waals surface area contributed by atoms with E-state index in [1.165, 1.54) is 31.5 Å². The van der Waals surface area contributed by atoms with Crippen LogP contribution in [0.25, 0.3) is 0 Å². The van der Waals surface area contributed by atoms with Crippen LogP contribution in [0.5, 0.6) is 0 Å². The molecule has 0 unspecified atom stereocenters. The van der Waals surface area contributed by atoms with Gasteiger partial charge in [0, 0.05) is 18.7 Å². The van der Waals surface area contributed by atoms with E-state index in [0.717, 1.165) is 28.8 Å². The molecule has 0 radical (unpaired) electrons. The number of hydrogen-bond donors (Lipinski definition) is 1. The number of amides is 1. The van der Waals surface area contributed by atoms with Crippen LogP contribution in [0.4, 0.5) is 0 Å². The lowest BCUT2D eigenvalue weighted by Gasteiger charge is -2.14. The van der Waals surface area contributed by atoms with E-state index >= 15 is 0 Å². The van der Waals surface area contributed by atoms with Crippen molar-refractivity contribution in [3.63, 3.8) is 0 Å². The minimum atomic E-state index is -0.0112. The maximum absolute atomic E-state index is 12.3. The third kappa shape index (κ3) is 4.45. The Morgan fingerprint density at radius 3 is 2.17 bits per heavy atom. The molecule has 0 spiro atoms. The van der Waals surface area contributed by atoms with Gasteiger partial charge in [-0.05, 0) is 63.0 Å². The smallest absolute Gasteiger partial charge is 0.251 e. The number of nitrogens with one attached hydrogen (secondary N) is 1. The first-order valence-electron chi connectivity index (χ1n) is 8.77. The van der Waals surface area contributed by atoms with Crippen molar-refractivity contribution in [2.45, 2.75) is 39.8 Å². The summed E-state index contributed by atoms with van der Waals surface area (Å²) in [6.07, 6.45) is 2.64. The molecule has 1 aliphatic heterocycles. The standard InChI is InChI=1S/C21H26N2O/c1-16-11-17(2)13-20(12-16)21(24)22-14-18-5-7-19(8-6-18)15-23-9-3-4-10-23/h5-8,11-13H,3-4,9-10,14-15H2,1-2H3,(H,22,24). The van der Waals surface area contributed by atoms with Gasteiger partial charge in [0.05, 0.1) is 0 Å². The Labute approximate surface area is 144 Å². The second kappa shape index (κ2) is 7.63. The number of carbonyl (C=O) groups is 1. The van der Waals surface area contributed by atoms with Crippen molar-refractivity contribution in [1.29, 1.82) is 0 Å². The lowest BCUT2D eigenvalue weighted by Crippen LogP contribution is -2.23. The first kappa shape index (κ1) is 16.7. The number of rotatable bonds is 5. The molecule has 126 valence electrons. The molecule has 24 heavy (non-hydrogen) atoms. The summed E-state index contributed by atoms with van der Waals surface area (Å²) in [6.45, 7) is 8.07. The molecule has 0 aliphatic carbocycles. The summed E-state index contributed by atoms with van der Waals surface area (Å²) in [5.74, 6) is -0.0112. The number of nitrogens with zero attached hydrogens (tertiary/aromatic N) is 1. The molecule has 1 N–H and O–H groups in total. The number of likely N-dealkylation sites (tertiary alicyclic amines) is 1. The van der Waals surface area contributed by atoms with Crippen LogP contribution in [0, 0.1) is 13.8 Å². The lowest BCUT2D eigenvalue weighted by molar-refractivity contribution is 0.0950. The quantitative estimate of drug-likeness (QED) is 0.907. The van der Waals surface area contributed by atoms with E-state index in [2.05, 4.69) is 40.5 Å². The highest BCUT2D eigenvalue weighted by Gasteiger charge is 2.11. The van der Waals surface area contributed by atoms with Gasteiger partial charge in [-0.25, -0.2) is 0 Å². The number of hydrogen-bond acceptors (Lipinski definition) is 2. The second-order valence-corrected chi connectivity index (χ2v) is 6.86. The number of aryl methyl sites for hydroxylation is 2. The third-order valence-electron chi connectivity index (χ3n) is 4.56. The molecular weight excluding hydrogens is 296 g/mol. The van der Waals surface area contributed by atoms with Gasteiger partial charge in [0.15, 0.2) is 0 Å². The van der Waals surface area contributed by atoms with Crippen LogP contribution >= 0.6 is 0 Å². The fourth-order valence-corrected chi connectivity index (χ4v) is 3.35. The van der Waals surface area contributed by atoms with Gasteiger partial charge in [-0.1, -0.05) is 41.5 Å². The van der Waals surface area contributed by atoms with Crippen LogP contribution in [0.3, 0.4) is 0 Å². The van der Waals surface area contributed by atoms with E-state index in [9.17, 15) is 4.79 Å². The van der Waals surface area contributed by atoms with Crippen molar-refractivity contribution in [2.24, 2.45) is 0 Å². The van der Waals surface area contributed by atoms with Crippen molar-refractivity contribution in [1.82, 2.24) is 10.2 Å². The zero-order valence-electron chi connectivity index (χ0n) is 14.6. The van der Waals surface area contributed by atoms with Gasteiger partial charge in [-0.3, -0.25) is 9.69 Å². The Bertz CT molecular complexity index is 680. The summed E-state index contributed by atoms with van der Waals surface area (Å²) in [5.41, 5.74) is 5.45. The van der Waals surface area contributed by atoms with Gasteiger partial charge in [0.25, 0.3) is 5.91 Å². The Balaban J connectivity index is 1.55. The fraction of sp³-hybridized carbons (Fsp3) is 0.381. The molecule has 2 aromatic carbocycles. The molecular formula is C21H26N2O. The Morgan fingerprint density at radius 1 is 0.958 bits per heavy atom. The molecule has 1 heterocycles. The molecule has 3 nitrogen and oxygen atoms in total. The SMILES string of the molecule is Cc1cc(C)cc(C(=O)NCc2ccc(CN3CCCC3)cc2)c1. The Hall–Kier alpha value is -2.13. The van der Waals surface area contributed by atoms with Gasteiger partial charge in [0.2, 0.25) is 0 Å². The largest absolute Gasteiger partial charge is 0.348 e. The molecule has 1 amide bonds. The summed E-state index contributed by atoms with van der Waals surface area (Å²) in [7, 11) is 0. The molecule has 2 aromatic rings. The first-order valence-corrected chi connectivity index (χ1v) is 8.77. The van der Waals surface area contributed by atoms with E-state index in [-0.39, 0.29) is 5.91 Å². The van der Waals surface area contributed by atoms with Crippen molar-refractivity contribution in [3.8, 4) is 0 Å². The highest BCUT2D eigenvalue weighted by Crippen LogP contribution is 2.14. The van der Waals surface area contributed by atoms with Gasteiger partial charge in [0.1, 0.15) is 0 Å². The maximum Gasteiger partial charge on any atom is 0.251 e. The molecule has 0 atom stereocenters. The van der Waals surface area contributed by atoms with Crippen LogP contribution in [0.1, 0.15) is 45.5 Å². The third-order valence-corrected chi connectivity index (χ3v) is 4.56. The predicted octanol–water partition coefficient (Wildman–Crippen LogP) is 3.83. The minimum Gasteiger partial charge on any atom is -0.348 e. The van der Waals surface area contributed by atoms with Crippen LogP contribution in [0.2, 0.25) is 0 Å². The highest BCUT2D eigenvalue weighted by molar-refractivity contribution is 5.94. The van der Waals surface area contributed by atoms with Crippen molar-refractivity contribution in [2.75, 3.05) is 13.1 Å². The van der Waals surface area contributed by atoms with Crippen LogP contribution in [-0.4, -0.2) is 23.9 Å². The van der Waals surface area contributed by atoms with Gasteiger partial charge >= 0.3 is 0 Å². The molecule has 1 fully saturated rings. The maximum atomic E-state index is 12.3.